The summed E-state index contributed by atoms with van der Waals surface area (Å²) in [5.74, 6) is 0.725. The molecule has 1 heterocycles. The third-order valence-corrected chi connectivity index (χ3v) is 4.76. The van der Waals surface area contributed by atoms with Gasteiger partial charge >= 0.3 is 6.09 Å². The molecule has 1 amide bonds. The Morgan fingerprint density at radius 2 is 1.90 bits per heavy atom. The lowest BCUT2D eigenvalue weighted by Gasteiger charge is -2.23. The smallest absolute Gasteiger partial charge is 0.408 e. The number of rotatable bonds is 5. The lowest BCUT2D eigenvalue weighted by molar-refractivity contribution is 0.0501. The summed E-state index contributed by atoms with van der Waals surface area (Å²) in [4.78, 5) is 20.1. The molecule has 0 radical (unpaired) electrons. The van der Waals surface area contributed by atoms with Crippen molar-refractivity contribution in [3.63, 3.8) is 0 Å². The van der Waals surface area contributed by atoms with Crippen molar-refractivity contribution in [1.29, 1.82) is 0 Å². The van der Waals surface area contributed by atoms with Gasteiger partial charge in [-0.3, -0.25) is 0 Å². The number of alkyl carbamates (subject to hydrolysis) is 1. The molecule has 3 aromatic rings. The molecule has 1 atom stereocenters. The molecule has 0 saturated carbocycles. The van der Waals surface area contributed by atoms with E-state index in [0.29, 0.717) is 28.0 Å². The van der Waals surface area contributed by atoms with Crippen LogP contribution in [0.15, 0.2) is 48.7 Å². The lowest BCUT2D eigenvalue weighted by Crippen LogP contribution is -2.36. The van der Waals surface area contributed by atoms with E-state index in [-0.39, 0.29) is 5.75 Å². The van der Waals surface area contributed by atoms with Gasteiger partial charge in [-0.25, -0.2) is 9.78 Å². The van der Waals surface area contributed by atoms with Gasteiger partial charge in [-0.05, 0) is 56.7 Å². The number of carbonyl (C=O) groups excluding carboxylic acids is 1. The molecule has 3 rings (SSSR count). The van der Waals surface area contributed by atoms with Gasteiger partial charge in [0.1, 0.15) is 17.2 Å². The first kappa shape index (κ1) is 22.0. The average molecular weight is 448 g/mol. The molecule has 1 aromatic heterocycles. The molecule has 0 unspecified atom stereocenters. The molecule has 0 bridgehead atoms. The zero-order valence-corrected chi connectivity index (χ0v) is 18.4. The number of aromatic nitrogens is 2. The Balaban J connectivity index is 1.88. The van der Waals surface area contributed by atoms with E-state index in [4.69, 9.17) is 27.9 Å². The van der Waals surface area contributed by atoms with Crippen LogP contribution in [-0.2, 0) is 11.2 Å². The molecular weight excluding hydrogens is 425 g/mol. The predicted molar refractivity (Wildman–Crippen MR) is 118 cm³/mol. The van der Waals surface area contributed by atoms with Gasteiger partial charge in [-0.1, -0.05) is 35.3 Å². The minimum atomic E-state index is -0.627. The number of aromatic amines is 1. The van der Waals surface area contributed by atoms with Gasteiger partial charge < -0.3 is 20.1 Å². The fourth-order valence-electron chi connectivity index (χ4n) is 2.89. The Hall–Kier alpha value is -2.70. The summed E-state index contributed by atoms with van der Waals surface area (Å²) in [5.41, 5.74) is 1.74. The van der Waals surface area contributed by atoms with Gasteiger partial charge in [0.05, 0.1) is 23.0 Å². The number of phenols is 1. The Kier molecular flexibility index (Phi) is 6.58. The van der Waals surface area contributed by atoms with Crippen LogP contribution in [0, 0.1) is 0 Å². The zero-order valence-electron chi connectivity index (χ0n) is 16.9. The fraction of sp³-hybridized carbons (Fsp3) is 0.273. The first-order valence-corrected chi connectivity index (χ1v) is 10.1. The number of benzene rings is 2. The largest absolute Gasteiger partial charge is 0.508 e. The number of phenolic OH excluding ortho intramolecular Hbond substituents is 1. The minimum Gasteiger partial charge on any atom is -0.508 e. The lowest BCUT2D eigenvalue weighted by atomic mass is 10.1. The van der Waals surface area contributed by atoms with Crippen LogP contribution in [0.1, 0.15) is 38.2 Å². The first-order chi connectivity index (χ1) is 14.1. The molecule has 8 heteroatoms. The van der Waals surface area contributed by atoms with Gasteiger partial charge in [0.2, 0.25) is 0 Å². The quantitative estimate of drug-likeness (QED) is 0.454. The SMILES string of the molecule is CC(C)(C)OC(=O)N[C@@H](Cc1ccc(O)cc1)c1ncc(-c2ccc(Cl)cc2Cl)[nH]1. The number of imidazole rings is 1. The first-order valence-electron chi connectivity index (χ1n) is 9.38. The average Bonchev–Trinajstić information content (AvgIpc) is 3.11. The van der Waals surface area contributed by atoms with Gasteiger partial charge in [0.25, 0.3) is 0 Å². The van der Waals surface area contributed by atoms with Crippen molar-refractivity contribution in [3.8, 4) is 17.0 Å². The van der Waals surface area contributed by atoms with E-state index in [2.05, 4.69) is 15.3 Å². The summed E-state index contributed by atoms with van der Waals surface area (Å²) in [5, 5.41) is 13.4. The van der Waals surface area contributed by atoms with Crippen LogP contribution in [0.25, 0.3) is 11.3 Å². The summed E-state index contributed by atoms with van der Waals surface area (Å²) in [7, 11) is 0. The van der Waals surface area contributed by atoms with Crippen molar-refractivity contribution in [1.82, 2.24) is 15.3 Å². The van der Waals surface area contributed by atoms with Gasteiger partial charge in [0, 0.05) is 17.0 Å². The number of aromatic hydroxyl groups is 1. The van der Waals surface area contributed by atoms with Crippen molar-refractivity contribution < 1.29 is 14.6 Å². The second-order valence-electron chi connectivity index (χ2n) is 7.88. The molecule has 158 valence electrons. The van der Waals surface area contributed by atoms with Crippen molar-refractivity contribution in [3.05, 3.63) is 70.1 Å². The Labute approximate surface area is 185 Å². The number of H-pyrrole nitrogens is 1. The number of halogens is 2. The molecule has 3 N–H and O–H groups in total. The minimum absolute atomic E-state index is 0.174. The second kappa shape index (κ2) is 8.98. The summed E-state index contributed by atoms with van der Waals surface area (Å²) in [6, 6.07) is 11.5. The molecule has 0 aliphatic heterocycles. The standard InChI is InChI=1S/C22H23Cl2N3O3/c1-22(2,3)30-21(29)27-18(10-13-4-7-15(28)8-5-13)20-25-12-19(26-20)16-9-6-14(23)11-17(16)24/h4-9,11-12,18,28H,10H2,1-3H3,(H,25,26)(H,27,29)/t18-/m0/s1. The highest BCUT2D eigenvalue weighted by Crippen LogP contribution is 2.30. The highest BCUT2D eigenvalue weighted by atomic mass is 35.5. The maximum atomic E-state index is 12.4. The molecule has 0 aliphatic carbocycles. The van der Waals surface area contributed by atoms with Crippen molar-refractivity contribution in [2.45, 2.75) is 38.8 Å². The monoisotopic (exact) mass is 447 g/mol. The van der Waals surface area contributed by atoms with Crippen LogP contribution in [0.2, 0.25) is 10.0 Å². The van der Waals surface area contributed by atoms with Crippen LogP contribution in [0.5, 0.6) is 5.75 Å². The Morgan fingerprint density at radius 3 is 2.53 bits per heavy atom. The number of ether oxygens (including phenoxy) is 1. The summed E-state index contributed by atoms with van der Waals surface area (Å²) >= 11 is 12.3. The Bertz CT molecular complexity index is 1030. The maximum Gasteiger partial charge on any atom is 0.408 e. The Morgan fingerprint density at radius 1 is 1.20 bits per heavy atom. The van der Waals surface area contributed by atoms with Crippen molar-refractivity contribution >= 4 is 29.3 Å². The van der Waals surface area contributed by atoms with E-state index in [1.54, 1.807) is 69.4 Å². The van der Waals surface area contributed by atoms with Gasteiger partial charge in [0.15, 0.2) is 0 Å². The molecule has 0 spiro atoms. The number of nitrogens with one attached hydrogen (secondary N) is 2. The predicted octanol–water partition coefficient (Wildman–Crippen LogP) is 5.90. The fourth-order valence-corrected chi connectivity index (χ4v) is 3.40. The van der Waals surface area contributed by atoms with Crippen LogP contribution < -0.4 is 5.32 Å². The maximum absolute atomic E-state index is 12.4. The summed E-state index contributed by atoms with van der Waals surface area (Å²) < 4.78 is 5.40. The molecule has 6 nitrogen and oxygen atoms in total. The molecule has 2 aromatic carbocycles. The third kappa shape index (κ3) is 5.90. The molecule has 30 heavy (non-hydrogen) atoms. The van der Waals surface area contributed by atoms with E-state index < -0.39 is 17.7 Å². The van der Waals surface area contributed by atoms with Crippen molar-refractivity contribution in [2.75, 3.05) is 0 Å². The van der Waals surface area contributed by atoms with E-state index in [9.17, 15) is 9.90 Å². The number of hydrogen-bond donors (Lipinski definition) is 3. The van der Waals surface area contributed by atoms with Gasteiger partial charge in [-0.2, -0.15) is 0 Å². The molecule has 0 saturated heterocycles. The van der Waals surface area contributed by atoms with Crippen molar-refractivity contribution in [2.24, 2.45) is 0 Å². The summed E-state index contributed by atoms with van der Waals surface area (Å²) in [6.07, 6.45) is 1.56. The highest BCUT2D eigenvalue weighted by molar-refractivity contribution is 6.36. The zero-order chi connectivity index (χ0) is 21.9. The van der Waals surface area contributed by atoms with Crippen LogP contribution >= 0.6 is 23.2 Å². The number of hydrogen-bond acceptors (Lipinski definition) is 4. The normalized spacial score (nSPS) is 12.4. The molecule has 0 fully saturated rings. The van der Waals surface area contributed by atoms with E-state index >= 15 is 0 Å². The number of nitrogens with zero attached hydrogens (tertiary/aromatic N) is 1. The van der Waals surface area contributed by atoms with Crippen LogP contribution in [-0.4, -0.2) is 26.8 Å². The van der Waals surface area contributed by atoms with Crippen LogP contribution in [0.4, 0.5) is 4.79 Å². The highest BCUT2D eigenvalue weighted by Gasteiger charge is 2.23. The topological polar surface area (TPSA) is 87.2 Å². The number of amides is 1. The number of carbonyl (C=O) groups is 1. The summed E-state index contributed by atoms with van der Waals surface area (Å²) in [6.45, 7) is 5.40. The second-order valence-corrected chi connectivity index (χ2v) is 8.72. The molecular formula is C22H23Cl2N3O3. The van der Waals surface area contributed by atoms with Gasteiger partial charge in [-0.15, -0.1) is 0 Å². The van der Waals surface area contributed by atoms with E-state index in [1.807, 2.05) is 0 Å². The van der Waals surface area contributed by atoms with Crippen LogP contribution in [0.3, 0.4) is 0 Å². The van der Waals surface area contributed by atoms with E-state index in [1.165, 1.54) is 0 Å². The third-order valence-electron chi connectivity index (χ3n) is 4.21. The van der Waals surface area contributed by atoms with E-state index in [0.717, 1.165) is 11.1 Å². The molecule has 0 aliphatic rings.